The first kappa shape index (κ1) is 12.6. The van der Waals surface area contributed by atoms with Crippen molar-refractivity contribution in [3.8, 4) is 0 Å². The predicted octanol–water partition coefficient (Wildman–Crippen LogP) is 3.88. The van der Waals surface area contributed by atoms with E-state index in [0.29, 0.717) is 5.19 Å². The van der Waals surface area contributed by atoms with E-state index in [2.05, 4.69) is 38.5 Å². The van der Waals surface area contributed by atoms with Gasteiger partial charge in [0.15, 0.2) is 11.6 Å². The summed E-state index contributed by atoms with van der Waals surface area (Å²) in [5, 5.41) is 0.568. The average molecular weight is 391 g/mol. The number of rotatable bonds is 1. The summed E-state index contributed by atoms with van der Waals surface area (Å²) in [7, 11) is -1.82. The van der Waals surface area contributed by atoms with Crippen molar-refractivity contribution in [3.63, 3.8) is 0 Å². The van der Waals surface area contributed by atoms with Crippen LogP contribution in [-0.4, -0.2) is 8.07 Å². The third-order valence-corrected chi connectivity index (χ3v) is 5.79. The lowest BCUT2D eigenvalue weighted by Gasteiger charge is -2.20. The Bertz CT molecular complexity index is 374. The molecule has 1 aromatic rings. The van der Waals surface area contributed by atoms with Gasteiger partial charge < -0.3 is 0 Å². The first-order chi connectivity index (χ1) is 6.25. The molecule has 0 amide bonds. The van der Waals surface area contributed by atoms with E-state index >= 15 is 0 Å². The summed E-state index contributed by atoms with van der Waals surface area (Å²) in [5.74, 6) is -1.47. The molecule has 0 unspecified atom stereocenters. The monoisotopic (exact) mass is 390 g/mol. The van der Waals surface area contributed by atoms with Gasteiger partial charge in [-0.15, -0.1) is 0 Å². The van der Waals surface area contributed by atoms with Crippen molar-refractivity contribution in [2.45, 2.75) is 19.6 Å². The maximum atomic E-state index is 13.6. The average Bonchev–Trinajstić information content (AvgIpc) is 1.97. The minimum absolute atomic E-state index is 0.196. The highest BCUT2D eigenvalue weighted by Gasteiger charge is 2.27. The molecule has 0 aliphatic heterocycles. The van der Waals surface area contributed by atoms with E-state index in [0.717, 1.165) is 3.57 Å². The van der Waals surface area contributed by atoms with E-state index < -0.39 is 19.7 Å². The Kier molecular flexibility index (Phi) is 3.75. The van der Waals surface area contributed by atoms with Crippen molar-refractivity contribution in [1.29, 1.82) is 0 Å². The lowest BCUT2D eigenvalue weighted by Crippen LogP contribution is -2.42. The maximum absolute atomic E-state index is 13.6. The smallest absolute Gasteiger partial charge is 0.172 e. The first-order valence-corrected chi connectivity index (χ1v) is 9.46. The fraction of sp³-hybridized carbons (Fsp3) is 0.333. The molecule has 78 valence electrons. The van der Waals surface area contributed by atoms with Crippen LogP contribution < -0.4 is 5.19 Å². The number of hydrogen-bond acceptors (Lipinski definition) is 0. The molecule has 0 N–H and O–H groups in total. The molecule has 0 spiro atoms. The Labute approximate surface area is 105 Å². The maximum Gasteiger partial charge on any atom is 0.172 e. The molecular formula is C9H10BrF2ISi. The van der Waals surface area contributed by atoms with Crippen molar-refractivity contribution in [2.24, 2.45) is 0 Å². The normalized spacial score (nSPS) is 11.9. The standard InChI is InChI=1S/C9H10BrF2ISi/c1-14(2,3)9-6(13)4-5(10)7(11)8(9)12/h4H,1-3H3. The molecule has 0 aliphatic rings. The van der Waals surface area contributed by atoms with Gasteiger partial charge in [-0.05, 0) is 49.8 Å². The second-order valence-corrected chi connectivity index (χ2v) is 11.1. The van der Waals surface area contributed by atoms with Gasteiger partial charge in [0.25, 0.3) is 0 Å². The van der Waals surface area contributed by atoms with Crippen LogP contribution in [-0.2, 0) is 0 Å². The van der Waals surface area contributed by atoms with Crippen molar-refractivity contribution in [2.75, 3.05) is 0 Å². The molecule has 0 saturated heterocycles. The first-order valence-electron chi connectivity index (χ1n) is 4.08. The molecule has 1 rings (SSSR count). The van der Waals surface area contributed by atoms with Gasteiger partial charge >= 0.3 is 0 Å². The second kappa shape index (κ2) is 4.17. The quantitative estimate of drug-likeness (QED) is 0.295. The van der Waals surface area contributed by atoms with Crippen LogP contribution in [0.1, 0.15) is 0 Å². The van der Waals surface area contributed by atoms with Crippen LogP contribution in [0, 0.1) is 15.2 Å². The zero-order valence-corrected chi connectivity index (χ0v) is 12.8. The van der Waals surface area contributed by atoms with Gasteiger partial charge in [-0.1, -0.05) is 19.6 Å². The fourth-order valence-corrected chi connectivity index (χ4v) is 6.62. The van der Waals surface area contributed by atoms with E-state index in [-0.39, 0.29) is 4.47 Å². The minimum Gasteiger partial charge on any atom is -0.204 e. The van der Waals surface area contributed by atoms with Crippen LogP contribution >= 0.6 is 38.5 Å². The SMILES string of the molecule is C[Si](C)(C)c1c(I)cc(Br)c(F)c1F. The second-order valence-electron chi connectivity index (χ2n) is 4.09. The molecular weight excluding hydrogens is 381 g/mol. The van der Waals surface area contributed by atoms with Gasteiger partial charge in [-0.25, -0.2) is 8.78 Å². The Morgan fingerprint density at radius 2 is 1.71 bits per heavy atom. The molecule has 0 heterocycles. The van der Waals surface area contributed by atoms with E-state index in [1.54, 1.807) is 6.07 Å². The molecule has 0 atom stereocenters. The van der Waals surface area contributed by atoms with Crippen LogP contribution in [0.25, 0.3) is 0 Å². The molecule has 1 aromatic carbocycles. The fourth-order valence-electron chi connectivity index (χ4n) is 1.25. The lowest BCUT2D eigenvalue weighted by atomic mass is 10.3. The lowest BCUT2D eigenvalue weighted by molar-refractivity contribution is 0.508. The summed E-state index contributed by atoms with van der Waals surface area (Å²) in [4.78, 5) is 0. The Morgan fingerprint density at radius 3 is 2.14 bits per heavy atom. The largest absolute Gasteiger partial charge is 0.204 e. The molecule has 0 aromatic heterocycles. The van der Waals surface area contributed by atoms with Crippen LogP contribution in [0.15, 0.2) is 10.5 Å². The van der Waals surface area contributed by atoms with E-state index in [1.165, 1.54) is 0 Å². The minimum atomic E-state index is -1.82. The van der Waals surface area contributed by atoms with E-state index in [1.807, 2.05) is 19.6 Å². The summed E-state index contributed by atoms with van der Waals surface area (Å²) in [6.45, 7) is 6.00. The van der Waals surface area contributed by atoms with Crippen molar-refractivity contribution in [1.82, 2.24) is 0 Å². The van der Waals surface area contributed by atoms with Gasteiger partial charge in [-0.2, -0.15) is 0 Å². The Morgan fingerprint density at radius 1 is 1.21 bits per heavy atom. The van der Waals surface area contributed by atoms with Crippen LogP contribution in [0.4, 0.5) is 8.78 Å². The molecule has 14 heavy (non-hydrogen) atoms. The topological polar surface area (TPSA) is 0 Å². The highest BCUT2D eigenvalue weighted by atomic mass is 127. The Hall–Kier alpha value is 0.507. The summed E-state index contributed by atoms with van der Waals surface area (Å²) >= 11 is 5.04. The van der Waals surface area contributed by atoms with E-state index in [4.69, 9.17) is 0 Å². The molecule has 0 bridgehead atoms. The molecule has 0 saturated carbocycles. The van der Waals surface area contributed by atoms with Crippen molar-refractivity contribution < 1.29 is 8.78 Å². The number of hydrogen-bond donors (Lipinski definition) is 0. The van der Waals surface area contributed by atoms with Crippen molar-refractivity contribution >= 4 is 51.8 Å². The van der Waals surface area contributed by atoms with Gasteiger partial charge in [0.2, 0.25) is 0 Å². The zero-order valence-electron chi connectivity index (χ0n) is 8.09. The van der Waals surface area contributed by atoms with Gasteiger partial charge in [0, 0.05) is 3.57 Å². The van der Waals surface area contributed by atoms with Gasteiger partial charge in [-0.3, -0.25) is 0 Å². The summed E-state index contributed by atoms with van der Waals surface area (Å²) in [6.07, 6.45) is 0. The number of halogens is 4. The predicted molar refractivity (Wildman–Crippen MR) is 69.8 cm³/mol. The summed E-state index contributed by atoms with van der Waals surface area (Å²) in [6, 6.07) is 1.63. The third kappa shape index (κ3) is 2.36. The van der Waals surface area contributed by atoms with Gasteiger partial charge in [0.05, 0.1) is 12.5 Å². The molecule has 0 nitrogen and oxygen atoms in total. The highest BCUT2D eigenvalue weighted by Crippen LogP contribution is 2.22. The summed E-state index contributed by atoms with van der Waals surface area (Å²) < 4.78 is 27.9. The Balaban J connectivity index is 3.53. The zero-order chi connectivity index (χ0) is 11.1. The third-order valence-electron chi connectivity index (χ3n) is 1.86. The highest BCUT2D eigenvalue weighted by molar-refractivity contribution is 14.1. The molecule has 0 aliphatic carbocycles. The molecule has 5 heteroatoms. The molecule has 0 fully saturated rings. The summed E-state index contributed by atoms with van der Waals surface area (Å²) in [5.41, 5.74) is 0. The van der Waals surface area contributed by atoms with Crippen molar-refractivity contribution in [3.05, 3.63) is 25.7 Å². The van der Waals surface area contributed by atoms with Crippen LogP contribution in [0.2, 0.25) is 19.6 Å². The van der Waals surface area contributed by atoms with E-state index in [9.17, 15) is 8.78 Å². The molecule has 0 radical (unpaired) electrons. The van der Waals surface area contributed by atoms with Crippen LogP contribution in [0.3, 0.4) is 0 Å². The van der Waals surface area contributed by atoms with Gasteiger partial charge in [0.1, 0.15) is 0 Å². The van der Waals surface area contributed by atoms with Crippen LogP contribution in [0.5, 0.6) is 0 Å². The number of benzene rings is 1.